The maximum Gasteiger partial charge on any atom is 0.0588 e. The Hall–Kier alpha value is -0.120. The second-order valence-electron chi connectivity index (χ2n) is 1.95. The molecule has 0 unspecified atom stereocenters. The molecule has 0 aromatic carbocycles. The van der Waals surface area contributed by atoms with Crippen molar-refractivity contribution >= 4 is 0 Å². The van der Waals surface area contributed by atoms with E-state index in [0.717, 1.165) is 26.2 Å². The van der Waals surface area contributed by atoms with Crippen molar-refractivity contribution in [1.82, 2.24) is 0 Å². The first-order chi connectivity index (χ1) is 4.91. The van der Waals surface area contributed by atoms with Gasteiger partial charge in [-0.1, -0.05) is 0 Å². The number of hydrogen-bond acceptors (Lipinski definition) is 3. The van der Waals surface area contributed by atoms with Crippen LogP contribution in [0.3, 0.4) is 0 Å². The van der Waals surface area contributed by atoms with E-state index in [1.54, 1.807) is 0 Å². The molecule has 0 bridgehead atoms. The molecule has 0 heterocycles. The predicted molar refractivity (Wildman–Crippen MR) is 41.0 cm³/mol. The Kier molecular flexibility index (Phi) is 8.77. The van der Waals surface area contributed by atoms with Crippen LogP contribution in [0.4, 0.5) is 0 Å². The van der Waals surface area contributed by atoms with E-state index in [2.05, 4.69) is 0 Å². The fourth-order valence-electron chi connectivity index (χ4n) is 0.593. The Bertz CT molecular complexity index is 51.6. The molecule has 3 nitrogen and oxygen atoms in total. The molecular formula is C7H17NO2. The van der Waals surface area contributed by atoms with Gasteiger partial charge in [-0.05, 0) is 13.3 Å². The van der Waals surface area contributed by atoms with Crippen LogP contribution in [-0.2, 0) is 9.47 Å². The lowest BCUT2D eigenvalue weighted by molar-refractivity contribution is 0.0914. The van der Waals surface area contributed by atoms with Crippen LogP contribution in [0.5, 0.6) is 0 Å². The lowest BCUT2D eigenvalue weighted by atomic mass is 10.5. The maximum atomic E-state index is 5.21. The number of rotatable bonds is 7. The van der Waals surface area contributed by atoms with Crippen molar-refractivity contribution in [3.63, 3.8) is 0 Å². The van der Waals surface area contributed by atoms with Gasteiger partial charge in [-0.3, -0.25) is 0 Å². The van der Waals surface area contributed by atoms with E-state index in [0.29, 0.717) is 13.2 Å². The molecule has 0 atom stereocenters. The topological polar surface area (TPSA) is 44.5 Å². The Morgan fingerprint density at radius 2 is 1.80 bits per heavy atom. The summed E-state index contributed by atoms with van der Waals surface area (Å²) in [4.78, 5) is 0. The van der Waals surface area contributed by atoms with Crippen molar-refractivity contribution in [2.45, 2.75) is 13.3 Å². The van der Waals surface area contributed by atoms with E-state index >= 15 is 0 Å². The van der Waals surface area contributed by atoms with Crippen LogP contribution in [-0.4, -0.2) is 33.0 Å². The van der Waals surface area contributed by atoms with E-state index in [-0.39, 0.29) is 0 Å². The molecule has 10 heavy (non-hydrogen) atoms. The van der Waals surface area contributed by atoms with Crippen molar-refractivity contribution in [1.29, 1.82) is 0 Å². The molecule has 0 rings (SSSR count). The van der Waals surface area contributed by atoms with Gasteiger partial charge in [0.15, 0.2) is 0 Å². The minimum absolute atomic E-state index is 0.606. The SMILES string of the molecule is CCOCCCOCCN. The lowest BCUT2D eigenvalue weighted by Crippen LogP contribution is -2.10. The second kappa shape index (κ2) is 8.88. The van der Waals surface area contributed by atoms with Gasteiger partial charge >= 0.3 is 0 Å². The van der Waals surface area contributed by atoms with Gasteiger partial charge in [0.1, 0.15) is 0 Å². The molecule has 0 aliphatic rings. The molecule has 2 N–H and O–H groups in total. The van der Waals surface area contributed by atoms with Gasteiger partial charge in [0.05, 0.1) is 6.61 Å². The standard InChI is InChI=1S/C7H17NO2/c1-2-9-5-3-6-10-7-4-8/h2-8H2,1H3. The van der Waals surface area contributed by atoms with Crippen LogP contribution in [0.15, 0.2) is 0 Å². The minimum atomic E-state index is 0.606. The number of ether oxygens (including phenoxy) is 2. The van der Waals surface area contributed by atoms with Crippen LogP contribution in [0.1, 0.15) is 13.3 Å². The molecule has 0 aromatic rings. The fraction of sp³-hybridized carbons (Fsp3) is 1.00. The highest BCUT2D eigenvalue weighted by molar-refractivity contribution is 4.35. The number of hydrogen-bond donors (Lipinski definition) is 1. The van der Waals surface area contributed by atoms with Crippen molar-refractivity contribution in [3.8, 4) is 0 Å². The van der Waals surface area contributed by atoms with Gasteiger partial charge in [0.2, 0.25) is 0 Å². The van der Waals surface area contributed by atoms with E-state index in [1.165, 1.54) is 0 Å². The number of nitrogens with two attached hydrogens (primary N) is 1. The fourth-order valence-corrected chi connectivity index (χ4v) is 0.593. The molecule has 0 radical (unpaired) electrons. The zero-order valence-electron chi connectivity index (χ0n) is 6.64. The summed E-state index contributed by atoms with van der Waals surface area (Å²) in [5.74, 6) is 0. The molecule has 0 aliphatic heterocycles. The third-order valence-electron chi connectivity index (χ3n) is 1.04. The lowest BCUT2D eigenvalue weighted by Gasteiger charge is -2.01. The summed E-state index contributed by atoms with van der Waals surface area (Å²) in [6, 6.07) is 0. The summed E-state index contributed by atoms with van der Waals surface area (Å²) < 4.78 is 10.2. The van der Waals surface area contributed by atoms with Gasteiger partial charge in [-0.15, -0.1) is 0 Å². The molecular weight excluding hydrogens is 130 g/mol. The summed E-state index contributed by atoms with van der Waals surface area (Å²) in [6.45, 7) is 5.59. The Labute approximate surface area is 62.5 Å². The highest BCUT2D eigenvalue weighted by atomic mass is 16.5. The molecule has 0 aromatic heterocycles. The monoisotopic (exact) mass is 147 g/mol. The summed E-state index contributed by atoms with van der Waals surface area (Å²) in [5, 5.41) is 0. The molecule has 3 heteroatoms. The average Bonchev–Trinajstić information content (AvgIpc) is 1.97. The largest absolute Gasteiger partial charge is 0.382 e. The second-order valence-corrected chi connectivity index (χ2v) is 1.95. The quantitative estimate of drug-likeness (QED) is 0.530. The third kappa shape index (κ3) is 7.88. The minimum Gasteiger partial charge on any atom is -0.382 e. The normalized spacial score (nSPS) is 10.2. The first kappa shape index (κ1) is 9.88. The van der Waals surface area contributed by atoms with Crippen LogP contribution >= 0.6 is 0 Å². The molecule has 0 saturated carbocycles. The summed E-state index contributed by atoms with van der Waals surface area (Å²) in [6.07, 6.45) is 0.966. The summed E-state index contributed by atoms with van der Waals surface area (Å²) in [7, 11) is 0. The average molecular weight is 147 g/mol. The summed E-state index contributed by atoms with van der Waals surface area (Å²) in [5.41, 5.74) is 5.21. The van der Waals surface area contributed by atoms with Gasteiger partial charge in [0, 0.05) is 26.4 Å². The van der Waals surface area contributed by atoms with Gasteiger partial charge in [-0.25, -0.2) is 0 Å². The highest BCUT2D eigenvalue weighted by Gasteiger charge is 1.86. The van der Waals surface area contributed by atoms with Crippen LogP contribution < -0.4 is 5.73 Å². The van der Waals surface area contributed by atoms with Crippen molar-refractivity contribution < 1.29 is 9.47 Å². The van der Waals surface area contributed by atoms with Crippen LogP contribution in [0.2, 0.25) is 0 Å². The molecule has 0 amide bonds. The molecule has 0 saturated heterocycles. The van der Waals surface area contributed by atoms with Crippen molar-refractivity contribution in [2.75, 3.05) is 33.0 Å². The van der Waals surface area contributed by atoms with E-state index < -0.39 is 0 Å². The van der Waals surface area contributed by atoms with E-state index in [9.17, 15) is 0 Å². The first-order valence-electron chi connectivity index (χ1n) is 3.77. The van der Waals surface area contributed by atoms with Crippen molar-refractivity contribution in [2.24, 2.45) is 5.73 Å². The van der Waals surface area contributed by atoms with Gasteiger partial charge in [0.25, 0.3) is 0 Å². The Balaban J connectivity index is 2.65. The van der Waals surface area contributed by atoms with Gasteiger partial charge < -0.3 is 15.2 Å². The zero-order valence-corrected chi connectivity index (χ0v) is 6.64. The Morgan fingerprint density at radius 3 is 2.40 bits per heavy atom. The predicted octanol–water partition coefficient (Wildman–Crippen LogP) is 0.388. The zero-order chi connectivity index (χ0) is 7.66. The first-order valence-corrected chi connectivity index (χ1v) is 3.77. The Morgan fingerprint density at radius 1 is 1.10 bits per heavy atom. The highest BCUT2D eigenvalue weighted by Crippen LogP contribution is 1.83. The molecule has 62 valence electrons. The van der Waals surface area contributed by atoms with Gasteiger partial charge in [-0.2, -0.15) is 0 Å². The van der Waals surface area contributed by atoms with E-state index in [4.69, 9.17) is 15.2 Å². The maximum absolute atomic E-state index is 5.21. The van der Waals surface area contributed by atoms with Crippen LogP contribution in [0, 0.1) is 0 Å². The molecule has 0 spiro atoms. The van der Waals surface area contributed by atoms with Crippen molar-refractivity contribution in [3.05, 3.63) is 0 Å². The molecule has 0 fully saturated rings. The van der Waals surface area contributed by atoms with Crippen LogP contribution in [0.25, 0.3) is 0 Å². The third-order valence-corrected chi connectivity index (χ3v) is 1.04. The molecule has 0 aliphatic carbocycles. The van der Waals surface area contributed by atoms with E-state index in [1.807, 2.05) is 6.92 Å². The smallest absolute Gasteiger partial charge is 0.0588 e. The summed E-state index contributed by atoms with van der Waals surface area (Å²) >= 11 is 0.